The van der Waals surface area contributed by atoms with E-state index in [1.807, 2.05) is 5.38 Å². The number of thiophene rings is 1. The third-order valence-corrected chi connectivity index (χ3v) is 2.57. The van der Waals surface area contributed by atoms with Gasteiger partial charge in [0.1, 0.15) is 0 Å². The molecular formula is C8H5BrN2S. The smallest absolute Gasteiger partial charge is 0.196 e. The zero-order chi connectivity index (χ0) is 8.39. The zero-order valence-electron chi connectivity index (χ0n) is 6.07. The van der Waals surface area contributed by atoms with Gasteiger partial charge in [-0.1, -0.05) is 0 Å². The van der Waals surface area contributed by atoms with Crippen molar-refractivity contribution in [3.8, 4) is 11.1 Å². The summed E-state index contributed by atoms with van der Waals surface area (Å²) < 4.78 is 0.626. The molecule has 0 spiro atoms. The van der Waals surface area contributed by atoms with Gasteiger partial charge in [-0.25, -0.2) is 9.97 Å². The Balaban J connectivity index is 2.43. The lowest BCUT2D eigenvalue weighted by atomic mass is 10.2. The third-order valence-electron chi connectivity index (χ3n) is 1.47. The van der Waals surface area contributed by atoms with Crippen molar-refractivity contribution < 1.29 is 0 Å². The van der Waals surface area contributed by atoms with Crippen LogP contribution < -0.4 is 0 Å². The molecule has 0 aliphatic carbocycles. The van der Waals surface area contributed by atoms with Crippen LogP contribution in [0.15, 0.2) is 34.0 Å². The molecule has 0 atom stereocenters. The summed E-state index contributed by atoms with van der Waals surface area (Å²) in [7, 11) is 0. The predicted octanol–water partition coefficient (Wildman–Crippen LogP) is 2.97. The van der Waals surface area contributed by atoms with Gasteiger partial charge in [0.25, 0.3) is 0 Å². The average molecular weight is 241 g/mol. The largest absolute Gasteiger partial charge is 0.230 e. The van der Waals surface area contributed by atoms with Crippen molar-refractivity contribution in [2.45, 2.75) is 0 Å². The van der Waals surface area contributed by atoms with Gasteiger partial charge in [-0.15, -0.1) is 0 Å². The highest BCUT2D eigenvalue weighted by Gasteiger charge is 1.97. The topological polar surface area (TPSA) is 25.8 Å². The lowest BCUT2D eigenvalue weighted by Gasteiger charge is -1.94. The van der Waals surface area contributed by atoms with Crippen LogP contribution in [0.25, 0.3) is 11.1 Å². The lowest BCUT2D eigenvalue weighted by Crippen LogP contribution is -1.82. The van der Waals surface area contributed by atoms with Crippen molar-refractivity contribution in [2.75, 3.05) is 0 Å². The fraction of sp³-hybridized carbons (Fsp3) is 0. The van der Waals surface area contributed by atoms with Gasteiger partial charge in [0.2, 0.25) is 0 Å². The van der Waals surface area contributed by atoms with Gasteiger partial charge in [0.15, 0.2) is 4.73 Å². The SMILES string of the molecule is Brc1ncc(-c2ccsc2)cn1. The molecule has 2 heterocycles. The van der Waals surface area contributed by atoms with Gasteiger partial charge in [-0.2, -0.15) is 11.3 Å². The molecule has 2 aromatic heterocycles. The Bertz CT molecular complexity index is 355. The highest BCUT2D eigenvalue weighted by atomic mass is 79.9. The van der Waals surface area contributed by atoms with Crippen LogP contribution in [0.5, 0.6) is 0 Å². The van der Waals surface area contributed by atoms with Gasteiger partial charge in [0, 0.05) is 18.0 Å². The van der Waals surface area contributed by atoms with E-state index in [1.54, 1.807) is 23.7 Å². The lowest BCUT2D eigenvalue weighted by molar-refractivity contribution is 1.11. The van der Waals surface area contributed by atoms with E-state index in [-0.39, 0.29) is 0 Å². The Kier molecular flexibility index (Phi) is 2.19. The number of halogens is 1. The summed E-state index contributed by atoms with van der Waals surface area (Å²) in [6.07, 6.45) is 3.61. The van der Waals surface area contributed by atoms with Crippen LogP contribution in [0.1, 0.15) is 0 Å². The van der Waals surface area contributed by atoms with Gasteiger partial charge >= 0.3 is 0 Å². The Hall–Kier alpha value is -0.740. The minimum absolute atomic E-state index is 0.626. The maximum Gasteiger partial charge on any atom is 0.196 e. The molecular weight excluding hydrogens is 236 g/mol. The minimum atomic E-state index is 0.626. The van der Waals surface area contributed by atoms with E-state index >= 15 is 0 Å². The number of nitrogens with zero attached hydrogens (tertiary/aromatic N) is 2. The second-order valence-electron chi connectivity index (χ2n) is 2.25. The molecule has 0 aliphatic heterocycles. The first-order valence-electron chi connectivity index (χ1n) is 3.36. The average Bonchev–Trinajstić information content (AvgIpc) is 2.58. The number of hydrogen-bond acceptors (Lipinski definition) is 3. The summed E-state index contributed by atoms with van der Waals surface area (Å²) in [5, 5.41) is 4.12. The van der Waals surface area contributed by atoms with Crippen LogP contribution in [-0.2, 0) is 0 Å². The first kappa shape index (κ1) is 7.89. The Morgan fingerprint density at radius 1 is 1.17 bits per heavy atom. The van der Waals surface area contributed by atoms with Crippen LogP contribution in [0.3, 0.4) is 0 Å². The molecule has 2 aromatic rings. The van der Waals surface area contributed by atoms with Crippen molar-refractivity contribution in [1.29, 1.82) is 0 Å². The van der Waals surface area contributed by atoms with E-state index in [9.17, 15) is 0 Å². The van der Waals surface area contributed by atoms with Crippen molar-refractivity contribution in [3.63, 3.8) is 0 Å². The third kappa shape index (κ3) is 1.54. The van der Waals surface area contributed by atoms with E-state index in [1.165, 1.54) is 5.56 Å². The summed E-state index contributed by atoms with van der Waals surface area (Å²) >= 11 is 4.86. The van der Waals surface area contributed by atoms with Crippen LogP contribution in [0.4, 0.5) is 0 Å². The van der Waals surface area contributed by atoms with E-state index in [0.29, 0.717) is 4.73 Å². The van der Waals surface area contributed by atoms with Crippen molar-refractivity contribution in [2.24, 2.45) is 0 Å². The highest BCUT2D eigenvalue weighted by Crippen LogP contribution is 2.20. The Morgan fingerprint density at radius 2 is 1.92 bits per heavy atom. The molecule has 0 radical (unpaired) electrons. The van der Waals surface area contributed by atoms with Gasteiger partial charge in [0.05, 0.1) is 0 Å². The second-order valence-corrected chi connectivity index (χ2v) is 3.74. The number of hydrogen-bond donors (Lipinski definition) is 0. The van der Waals surface area contributed by atoms with Gasteiger partial charge in [-0.05, 0) is 38.3 Å². The fourth-order valence-corrected chi connectivity index (χ4v) is 1.76. The van der Waals surface area contributed by atoms with E-state index in [2.05, 4.69) is 37.3 Å². The standard InChI is InChI=1S/C8H5BrN2S/c9-8-10-3-7(4-11-8)6-1-2-12-5-6/h1-5H. The number of aromatic nitrogens is 2. The van der Waals surface area contributed by atoms with Crippen molar-refractivity contribution >= 4 is 27.3 Å². The summed E-state index contributed by atoms with van der Waals surface area (Å²) in [5.41, 5.74) is 2.23. The van der Waals surface area contributed by atoms with Gasteiger partial charge in [-0.3, -0.25) is 0 Å². The quantitative estimate of drug-likeness (QED) is 0.717. The highest BCUT2D eigenvalue weighted by molar-refractivity contribution is 9.10. The molecule has 0 bridgehead atoms. The number of rotatable bonds is 1. The van der Waals surface area contributed by atoms with E-state index in [4.69, 9.17) is 0 Å². The molecule has 0 fully saturated rings. The summed E-state index contributed by atoms with van der Waals surface area (Å²) in [6, 6.07) is 2.05. The monoisotopic (exact) mass is 240 g/mol. The van der Waals surface area contributed by atoms with Crippen LogP contribution in [0.2, 0.25) is 0 Å². The van der Waals surface area contributed by atoms with E-state index < -0.39 is 0 Å². The summed E-state index contributed by atoms with van der Waals surface area (Å²) in [6.45, 7) is 0. The van der Waals surface area contributed by atoms with Crippen molar-refractivity contribution in [3.05, 3.63) is 34.0 Å². The van der Waals surface area contributed by atoms with Crippen LogP contribution in [0, 0.1) is 0 Å². The van der Waals surface area contributed by atoms with Crippen LogP contribution >= 0.6 is 27.3 Å². The predicted molar refractivity (Wildman–Crippen MR) is 53.0 cm³/mol. The maximum atomic E-state index is 4.05. The maximum absolute atomic E-state index is 4.05. The minimum Gasteiger partial charge on any atom is -0.230 e. The Labute approximate surface area is 82.4 Å². The molecule has 4 heteroatoms. The molecule has 2 rings (SSSR count). The van der Waals surface area contributed by atoms with E-state index in [0.717, 1.165) is 5.56 Å². The summed E-state index contributed by atoms with van der Waals surface area (Å²) in [5.74, 6) is 0. The van der Waals surface area contributed by atoms with Crippen molar-refractivity contribution in [1.82, 2.24) is 9.97 Å². The molecule has 0 unspecified atom stereocenters. The molecule has 0 saturated carbocycles. The fourth-order valence-electron chi connectivity index (χ4n) is 0.890. The molecule has 0 aromatic carbocycles. The first-order valence-corrected chi connectivity index (χ1v) is 5.10. The molecule has 0 N–H and O–H groups in total. The zero-order valence-corrected chi connectivity index (χ0v) is 8.47. The normalized spacial score (nSPS) is 10.1. The molecule has 0 saturated heterocycles. The van der Waals surface area contributed by atoms with Gasteiger partial charge < -0.3 is 0 Å². The Morgan fingerprint density at radius 3 is 2.50 bits per heavy atom. The second kappa shape index (κ2) is 3.33. The first-order chi connectivity index (χ1) is 5.86. The summed E-state index contributed by atoms with van der Waals surface area (Å²) in [4.78, 5) is 8.09. The van der Waals surface area contributed by atoms with Crippen LogP contribution in [-0.4, -0.2) is 9.97 Å². The molecule has 12 heavy (non-hydrogen) atoms. The molecule has 60 valence electrons. The molecule has 2 nitrogen and oxygen atoms in total. The molecule has 0 amide bonds. The molecule has 0 aliphatic rings.